The SMILES string of the molecule is O=C(O)CCCN1CCOc2ccc(O)cc21. The number of benzene rings is 1. The van der Waals surface area contributed by atoms with Crippen LogP contribution in [0, 0.1) is 0 Å². The predicted octanol–water partition coefficient (Wildman–Crippen LogP) is 1.46. The van der Waals surface area contributed by atoms with Crippen LogP contribution in [0.1, 0.15) is 12.8 Å². The van der Waals surface area contributed by atoms with Crippen molar-refractivity contribution < 1.29 is 19.7 Å². The molecular weight excluding hydrogens is 222 g/mol. The molecule has 0 radical (unpaired) electrons. The van der Waals surface area contributed by atoms with Gasteiger partial charge in [0, 0.05) is 19.0 Å². The number of phenolic OH excluding ortho intramolecular Hbond substituents is 1. The lowest BCUT2D eigenvalue weighted by Crippen LogP contribution is -2.33. The monoisotopic (exact) mass is 237 g/mol. The normalized spacial score (nSPS) is 14.0. The summed E-state index contributed by atoms with van der Waals surface area (Å²) in [5.74, 6) is 0.149. The third-order valence-corrected chi connectivity index (χ3v) is 2.72. The molecular formula is C12H15NO4. The van der Waals surface area contributed by atoms with Crippen LogP contribution in [0.5, 0.6) is 11.5 Å². The van der Waals surface area contributed by atoms with Crippen molar-refractivity contribution in [2.75, 3.05) is 24.6 Å². The molecule has 0 aromatic heterocycles. The summed E-state index contributed by atoms with van der Waals surface area (Å²) in [6, 6.07) is 4.96. The summed E-state index contributed by atoms with van der Waals surface area (Å²) in [4.78, 5) is 12.5. The zero-order valence-electron chi connectivity index (χ0n) is 9.43. The lowest BCUT2D eigenvalue weighted by Gasteiger charge is -2.31. The van der Waals surface area contributed by atoms with Gasteiger partial charge in [0.1, 0.15) is 18.1 Å². The molecule has 2 N–H and O–H groups in total. The van der Waals surface area contributed by atoms with E-state index in [9.17, 15) is 9.90 Å². The van der Waals surface area contributed by atoms with Gasteiger partial charge in [-0.15, -0.1) is 0 Å². The Morgan fingerprint density at radius 1 is 1.47 bits per heavy atom. The molecule has 92 valence electrons. The molecule has 0 amide bonds. The number of anilines is 1. The van der Waals surface area contributed by atoms with E-state index in [1.165, 1.54) is 0 Å². The van der Waals surface area contributed by atoms with E-state index in [1.54, 1.807) is 18.2 Å². The molecule has 0 spiro atoms. The number of carboxylic acids is 1. The highest BCUT2D eigenvalue weighted by Crippen LogP contribution is 2.34. The number of aliphatic carboxylic acids is 1. The largest absolute Gasteiger partial charge is 0.508 e. The Kier molecular flexibility index (Phi) is 3.37. The highest BCUT2D eigenvalue weighted by Gasteiger charge is 2.18. The fraction of sp³-hybridized carbons (Fsp3) is 0.417. The summed E-state index contributed by atoms with van der Waals surface area (Å²) >= 11 is 0. The molecule has 0 fully saturated rings. The van der Waals surface area contributed by atoms with E-state index < -0.39 is 5.97 Å². The molecule has 0 bridgehead atoms. The molecule has 2 rings (SSSR count). The molecule has 1 aromatic carbocycles. The van der Waals surface area contributed by atoms with Crippen molar-refractivity contribution in [1.29, 1.82) is 0 Å². The molecule has 0 saturated carbocycles. The Morgan fingerprint density at radius 2 is 2.29 bits per heavy atom. The second kappa shape index (κ2) is 4.95. The van der Waals surface area contributed by atoms with Crippen LogP contribution >= 0.6 is 0 Å². The fourth-order valence-corrected chi connectivity index (χ4v) is 1.91. The van der Waals surface area contributed by atoms with Crippen LogP contribution in [-0.4, -0.2) is 35.9 Å². The number of aromatic hydroxyl groups is 1. The molecule has 1 aliphatic heterocycles. The minimum absolute atomic E-state index is 0.158. The number of phenols is 1. The van der Waals surface area contributed by atoms with Crippen LogP contribution in [0.15, 0.2) is 18.2 Å². The number of carbonyl (C=O) groups is 1. The maximum atomic E-state index is 10.5. The zero-order valence-corrected chi connectivity index (χ0v) is 9.43. The van der Waals surface area contributed by atoms with E-state index >= 15 is 0 Å². The molecule has 17 heavy (non-hydrogen) atoms. The van der Waals surface area contributed by atoms with Crippen molar-refractivity contribution in [3.63, 3.8) is 0 Å². The molecule has 0 saturated heterocycles. The number of carboxylic acid groups (broad SMARTS) is 1. The van der Waals surface area contributed by atoms with Gasteiger partial charge in [-0.25, -0.2) is 0 Å². The Balaban J connectivity index is 2.05. The second-order valence-corrected chi connectivity index (χ2v) is 3.98. The van der Waals surface area contributed by atoms with Gasteiger partial charge in [0.2, 0.25) is 0 Å². The van der Waals surface area contributed by atoms with Gasteiger partial charge in [-0.05, 0) is 18.6 Å². The van der Waals surface area contributed by atoms with Gasteiger partial charge in [-0.1, -0.05) is 0 Å². The Morgan fingerprint density at radius 3 is 3.06 bits per heavy atom. The average Bonchev–Trinajstić information content (AvgIpc) is 2.29. The van der Waals surface area contributed by atoms with Crippen LogP contribution in [0.25, 0.3) is 0 Å². The molecule has 0 atom stereocenters. The third kappa shape index (κ3) is 2.81. The minimum atomic E-state index is -0.783. The first-order valence-electron chi connectivity index (χ1n) is 5.59. The van der Waals surface area contributed by atoms with Crippen molar-refractivity contribution in [3.05, 3.63) is 18.2 Å². The first-order chi connectivity index (χ1) is 8.16. The van der Waals surface area contributed by atoms with Gasteiger partial charge < -0.3 is 19.8 Å². The van der Waals surface area contributed by atoms with Gasteiger partial charge in [0.05, 0.1) is 12.2 Å². The fourth-order valence-electron chi connectivity index (χ4n) is 1.91. The molecule has 0 aliphatic carbocycles. The Bertz CT molecular complexity index is 419. The van der Waals surface area contributed by atoms with Crippen molar-refractivity contribution in [2.45, 2.75) is 12.8 Å². The van der Waals surface area contributed by atoms with Crippen LogP contribution in [-0.2, 0) is 4.79 Å². The van der Waals surface area contributed by atoms with E-state index in [-0.39, 0.29) is 12.2 Å². The van der Waals surface area contributed by atoms with E-state index in [4.69, 9.17) is 9.84 Å². The summed E-state index contributed by atoms with van der Waals surface area (Å²) in [5, 5.41) is 18.0. The predicted molar refractivity (Wildman–Crippen MR) is 62.7 cm³/mol. The van der Waals surface area contributed by atoms with Gasteiger partial charge in [-0.3, -0.25) is 4.79 Å². The molecule has 1 heterocycles. The van der Waals surface area contributed by atoms with Crippen LogP contribution < -0.4 is 9.64 Å². The van der Waals surface area contributed by atoms with Crippen LogP contribution in [0.2, 0.25) is 0 Å². The molecule has 5 nitrogen and oxygen atoms in total. The summed E-state index contributed by atoms with van der Waals surface area (Å²) in [7, 11) is 0. The van der Waals surface area contributed by atoms with Crippen molar-refractivity contribution >= 4 is 11.7 Å². The van der Waals surface area contributed by atoms with E-state index in [0.717, 1.165) is 18.0 Å². The third-order valence-electron chi connectivity index (χ3n) is 2.72. The number of hydrogen-bond acceptors (Lipinski definition) is 4. The summed E-state index contributed by atoms with van der Waals surface area (Å²) < 4.78 is 5.47. The van der Waals surface area contributed by atoms with Crippen molar-refractivity contribution in [3.8, 4) is 11.5 Å². The van der Waals surface area contributed by atoms with Crippen LogP contribution in [0.3, 0.4) is 0 Å². The highest BCUT2D eigenvalue weighted by atomic mass is 16.5. The van der Waals surface area contributed by atoms with Gasteiger partial charge in [-0.2, -0.15) is 0 Å². The van der Waals surface area contributed by atoms with Gasteiger partial charge >= 0.3 is 5.97 Å². The molecule has 0 unspecified atom stereocenters. The van der Waals surface area contributed by atoms with E-state index in [0.29, 0.717) is 19.6 Å². The smallest absolute Gasteiger partial charge is 0.303 e. The lowest BCUT2D eigenvalue weighted by atomic mass is 10.2. The molecule has 1 aromatic rings. The maximum absolute atomic E-state index is 10.5. The number of ether oxygens (including phenoxy) is 1. The zero-order chi connectivity index (χ0) is 12.3. The number of hydrogen-bond donors (Lipinski definition) is 2. The Hall–Kier alpha value is -1.91. The first kappa shape index (κ1) is 11.6. The number of nitrogens with zero attached hydrogens (tertiary/aromatic N) is 1. The highest BCUT2D eigenvalue weighted by molar-refractivity contribution is 5.67. The average molecular weight is 237 g/mol. The van der Waals surface area contributed by atoms with Crippen molar-refractivity contribution in [2.24, 2.45) is 0 Å². The minimum Gasteiger partial charge on any atom is -0.508 e. The van der Waals surface area contributed by atoms with Crippen LogP contribution in [0.4, 0.5) is 5.69 Å². The summed E-state index contributed by atoms with van der Waals surface area (Å²) in [6.45, 7) is 1.97. The molecule has 1 aliphatic rings. The Labute approximate surface area is 99.2 Å². The van der Waals surface area contributed by atoms with E-state index in [1.807, 2.05) is 4.90 Å². The van der Waals surface area contributed by atoms with E-state index in [2.05, 4.69) is 0 Å². The molecule has 5 heteroatoms. The standard InChI is InChI=1S/C12H15NO4/c14-9-3-4-11-10(8-9)13(6-7-17-11)5-1-2-12(15)16/h3-4,8,14H,1-2,5-7H2,(H,15,16). The summed E-state index contributed by atoms with van der Waals surface area (Å²) in [6.07, 6.45) is 0.746. The topological polar surface area (TPSA) is 70.0 Å². The van der Waals surface area contributed by atoms with Gasteiger partial charge in [0.25, 0.3) is 0 Å². The number of rotatable bonds is 4. The van der Waals surface area contributed by atoms with Gasteiger partial charge in [0.15, 0.2) is 0 Å². The maximum Gasteiger partial charge on any atom is 0.303 e. The first-order valence-corrected chi connectivity index (χ1v) is 5.59. The van der Waals surface area contributed by atoms with Crippen molar-refractivity contribution in [1.82, 2.24) is 0 Å². The quantitative estimate of drug-likeness (QED) is 0.829. The second-order valence-electron chi connectivity index (χ2n) is 3.98. The number of fused-ring (bicyclic) bond motifs is 1. The summed E-state index contributed by atoms with van der Waals surface area (Å²) in [5.41, 5.74) is 0.835. The lowest BCUT2D eigenvalue weighted by molar-refractivity contribution is -0.137.